The first-order valence-electron chi connectivity index (χ1n) is 8.66. The minimum atomic E-state index is 0.850. The Bertz CT molecular complexity index is 844. The van der Waals surface area contributed by atoms with Gasteiger partial charge >= 0.3 is 0 Å². The molecule has 0 saturated carbocycles. The lowest BCUT2D eigenvalue weighted by molar-refractivity contribution is 0.246. The van der Waals surface area contributed by atoms with Crippen LogP contribution in [0.2, 0.25) is 0 Å². The van der Waals surface area contributed by atoms with E-state index in [1.165, 1.54) is 11.3 Å². The average Bonchev–Trinajstić information content (AvgIpc) is 3.11. The molecule has 1 aliphatic heterocycles. The Balaban J connectivity index is 1.36. The quantitative estimate of drug-likeness (QED) is 0.707. The first-order chi connectivity index (χ1) is 12.3. The highest BCUT2D eigenvalue weighted by Crippen LogP contribution is 2.17. The Labute approximate surface area is 146 Å². The first kappa shape index (κ1) is 15.8. The average molecular weight is 335 g/mol. The highest BCUT2D eigenvalue weighted by atomic mass is 15.5. The highest BCUT2D eigenvalue weighted by molar-refractivity contribution is 5.30. The largest absolute Gasteiger partial charge is 0.297 e. The molecular formula is C18H21N7. The van der Waals surface area contributed by atoms with Gasteiger partial charge in [0.05, 0.1) is 11.4 Å². The van der Waals surface area contributed by atoms with Crippen molar-refractivity contribution in [3.63, 3.8) is 0 Å². The molecule has 1 aromatic carbocycles. The number of nitrogens with zero attached hydrogens (tertiary/aromatic N) is 7. The number of tetrazole rings is 1. The van der Waals surface area contributed by atoms with Gasteiger partial charge in [-0.2, -0.15) is 4.68 Å². The van der Waals surface area contributed by atoms with E-state index in [9.17, 15) is 0 Å². The minimum Gasteiger partial charge on any atom is -0.297 e. The molecule has 4 rings (SSSR count). The third-order valence-corrected chi connectivity index (χ3v) is 4.55. The van der Waals surface area contributed by atoms with Crippen molar-refractivity contribution in [1.29, 1.82) is 0 Å². The molecule has 0 spiro atoms. The molecule has 3 heterocycles. The molecule has 0 N–H and O–H groups in total. The number of rotatable bonds is 5. The molecule has 3 aromatic rings. The molecule has 7 nitrogen and oxygen atoms in total. The van der Waals surface area contributed by atoms with Gasteiger partial charge in [-0.1, -0.05) is 18.2 Å². The van der Waals surface area contributed by atoms with E-state index in [1.807, 2.05) is 48.1 Å². The number of benzene rings is 1. The smallest absolute Gasteiger partial charge is 0.156 e. The standard InChI is InChI=1S/C18H21N7/c1-14-19-12-15-9-11-24(13-17(15)20-14)10-5-8-18-21-22-23-25(18)16-6-3-2-4-7-16/h2-4,6-7,12H,5,8-11,13H2,1H3. The summed E-state index contributed by atoms with van der Waals surface area (Å²) in [7, 11) is 0. The van der Waals surface area contributed by atoms with Crippen LogP contribution in [-0.4, -0.2) is 48.2 Å². The molecule has 0 fully saturated rings. The molecule has 25 heavy (non-hydrogen) atoms. The topological polar surface area (TPSA) is 72.6 Å². The van der Waals surface area contributed by atoms with E-state index in [0.717, 1.165) is 56.2 Å². The van der Waals surface area contributed by atoms with Crippen molar-refractivity contribution in [3.05, 3.63) is 59.4 Å². The van der Waals surface area contributed by atoms with Crippen LogP contribution in [-0.2, 0) is 19.4 Å². The molecule has 0 aliphatic carbocycles. The van der Waals surface area contributed by atoms with E-state index in [1.54, 1.807) is 0 Å². The second-order valence-electron chi connectivity index (χ2n) is 6.36. The Morgan fingerprint density at radius 3 is 2.92 bits per heavy atom. The Morgan fingerprint density at radius 1 is 1.16 bits per heavy atom. The second-order valence-corrected chi connectivity index (χ2v) is 6.36. The molecule has 2 aromatic heterocycles. The van der Waals surface area contributed by atoms with Crippen LogP contribution in [0, 0.1) is 6.92 Å². The number of hydrogen-bond acceptors (Lipinski definition) is 6. The summed E-state index contributed by atoms with van der Waals surface area (Å²) in [5, 5.41) is 12.1. The van der Waals surface area contributed by atoms with Crippen molar-refractivity contribution in [2.24, 2.45) is 0 Å². The van der Waals surface area contributed by atoms with E-state index in [2.05, 4.69) is 30.4 Å². The fourth-order valence-corrected chi connectivity index (χ4v) is 3.24. The molecule has 0 saturated heterocycles. The summed E-state index contributed by atoms with van der Waals surface area (Å²) in [5.41, 5.74) is 3.46. The second kappa shape index (κ2) is 7.06. The third kappa shape index (κ3) is 3.56. The maximum Gasteiger partial charge on any atom is 0.156 e. The van der Waals surface area contributed by atoms with E-state index >= 15 is 0 Å². The SMILES string of the molecule is Cc1ncc2c(n1)CN(CCCc1nnnn1-c1ccccc1)CC2. The van der Waals surface area contributed by atoms with Crippen LogP contribution in [0.5, 0.6) is 0 Å². The van der Waals surface area contributed by atoms with Gasteiger partial charge in [-0.15, -0.1) is 5.10 Å². The van der Waals surface area contributed by atoms with Crippen LogP contribution >= 0.6 is 0 Å². The third-order valence-electron chi connectivity index (χ3n) is 4.55. The molecule has 7 heteroatoms. The summed E-state index contributed by atoms with van der Waals surface area (Å²) in [6.07, 6.45) is 4.88. The maximum absolute atomic E-state index is 4.59. The van der Waals surface area contributed by atoms with Crippen molar-refractivity contribution in [1.82, 2.24) is 35.1 Å². The van der Waals surface area contributed by atoms with Gasteiger partial charge in [0.1, 0.15) is 5.82 Å². The maximum atomic E-state index is 4.59. The van der Waals surface area contributed by atoms with Gasteiger partial charge in [0, 0.05) is 25.7 Å². The van der Waals surface area contributed by atoms with Crippen molar-refractivity contribution < 1.29 is 0 Å². The van der Waals surface area contributed by atoms with Crippen LogP contribution in [0.15, 0.2) is 36.5 Å². The lowest BCUT2D eigenvalue weighted by Crippen LogP contribution is -2.32. The monoisotopic (exact) mass is 335 g/mol. The summed E-state index contributed by atoms with van der Waals surface area (Å²) in [5.74, 6) is 1.75. The van der Waals surface area contributed by atoms with E-state index in [-0.39, 0.29) is 0 Å². The van der Waals surface area contributed by atoms with Crippen LogP contribution in [0.25, 0.3) is 5.69 Å². The van der Waals surface area contributed by atoms with Crippen LogP contribution < -0.4 is 0 Å². The van der Waals surface area contributed by atoms with Crippen molar-refractivity contribution in [2.45, 2.75) is 32.7 Å². The summed E-state index contributed by atoms with van der Waals surface area (Å²) < 4.78 is 1.82. The summed E-state index contributed by atoms with van der Waals surface area (Å²) >= 11 is 0. The number of para-hydroxylation sites is 1. The molecule has 0 radical (unpaired) electrons. The predicted octanol–water partition coefficient (Wildman–Crippen LogP) is 1.75. The fraction of sp³-hybridized carbons (Fsp3) is 0.389. The van der Waals surface area contributed by atoms with Crippen LogP contribution in [0.3, 0.4) is 0 Å². The molecule has 1 aliphatic rings. The predicted molar refractivity (Wildman–Crippen MR) is 93.2 cm³/mol. The molecule has 128 valence electrons. The van der Waals surface area contributed by atoms with Crippen molar-refractivity contribution >= 4 is 0 Å². The molecule has 0 unspecified atom stereocenters. The Kier molecular flexibility index (Phi) is 4.47. The van der Waals surface area contributed by atoms with Crippen molar-refractivity contribution in [3.8, 4) is 5.69 Å². The minimum absolute atomic E-state index is 0.850. The lowest BCUT2D eigenvalue weighted by Gasteiger charge is -2.27. The zero-order chi connectivity index (χ0) is 17.1. The summed E-state index contributed by atoms with van der Waals surface area (Å²) in [6.45, 7) is 4.93. The van der Waals surface area contributed by atoms with Crippen LogP contribution in [0.1, 0.15) is 29.3 Å². The van der Waals surface area contributed by atoms with Gasteiger partial charge in [0.15, 0.2) is 5.82 Å². The number of fused-ring (bicyclic) bond motifs is 1. The summed E-state index contributed by atoms with van der Waals surface area (Å²) in [6, 6.07) is 10.0. The van der Waals surface area contributed by atoms with E-state index in [4.69, 9.17) is 0 Å². The highest BCUT2D eigenvalue weighted by Gasteiger charge is 2.18. The molecular weight excluding hydrogens is 314 g/mol. The van der Waals surface area contributed by atoms with E-state index < -0.39 is 0 Å². The van der Waals surface area contributed by atoms with Crippen molar-refractivity contribution in [2.75, 3.05) is 13.1 Å². The Hall–Kier alpha value is -2.67. The van der Waals surface area contributed by atoms with Gasteiger partial charge in [0.2, 0.25) is 0 Å². The normalized spacial score (nSPS) is 14.4. The number of aryl methyl sites for hydroxylation is 2. The van der Waals surface area contributed by atoms with Gasteiger partial charge in [-0.25, -0.2) is 9.97 Å². The Morgan fingerprint density at radius 2 is 2.04 bits per heavy atom. The molecule has 0 amide bonds. The van der Waals surface area contributed by atoms with Gasteiger partial charge in [0.25, 0.3) is 0 Å². The number of aromatic nitrogens is 6. The van der Waals surface area contributed by atoms with Crippen LogP contribution in [0.4, 0.5) is 0 Å². The van der Waals surface area contributed by atoms with Gasteiger partial charge in [-0.05, 0) is 54.4 Å². The zero-order valence-corrected chi connectivity index (χ0v) is 14.3. The molecule has 0 bridgehead atoms. The zero-order valence-electron chi connectivity index (χ0n) is 14.3. The summed E-state index contributed by atoms with van der Waals surface area (Å²) in [4.78, 5) is 11.3. The first-order valence-corrected chi connectivity index (χ1v) is 8.66. The lowest BCUT2D eigenvalue weighted by atomic mass is 10.1. The number of hydrogen-bond donors (Lipinski definition) is 0. The van der Waals surface area contributed by atoms with E-state index in [0.29, 0.717) is 0 Å². The van der Waals surface area contributed by atoms with Gasteiger partial charge in [-0.3, -0.25) is 4.90 Å². The fourth-order valence-electron chi connectivity index (χ4n) is 3.24. The van der Waals surface area contributed by atoms with Gasteiger partial charge < -0.3 is 0 Å². The molecule has 0 atom stereocenters.